The summed E-state index contributed by atoms with van der Waals surface area (Å²) in [6.07, 6.45) is 1.20. The van der Waals surface area contributed by atoms with E-state index in [1.165, 1.54) is 12.1 Å². The zero-order valence-corrected chi connectivity index (χ0v) is 17.1. The van der Waals surface area contributed by atoms with Crippen molar-refractivity contribution >= 4 is 11.5 Å². The Bertz CT molecular complexity index is 1050. The number of nitrogens with zero attached hydrogens (tertiary/aromatic N) is 4. The summed E-state index contributed by atoms with van der Waals surface area (Å²) >= 11 is 0. The van der Waals surface area contributed by atoms with Gasteiger partial charge in [0.15, 0.2) is 16.9 Å². The minimum absolute atomic E-state index is 0.0832. The van der Waals surface area contributed by atoms with Crippen LogP contribution in [0.1, 0.15) is 38.2 Å². The Kier molecular flexibility index (Phi) is 4.76. The van der Waals surface area contributed by atoms with Crippen LogP contribution in [-0.4, -0.2) is 36.7 Å². The van der Waals surface area contributed by atoms with Gasteiger partial charge in [-0.3, -0.25) is 10.1 Å². The number of hydrogen-bond acceptors (Lipinski definition) is 10. The Morgan fingerprint density at radius 2 is 1.84 bits per heavy atom. The van der Waals surface area contributed by atoms with Gasteiger partial charge < -0.3 is 24.7 Å². The van der Waals surface area contributed by atoms with E-state index >= 15 is 0 Å². The molecule has 1 aromatic rings. The van der Waals surface area contributed by atoms with Crippen molar-refractivity contribution < 1.29 is 23.9 Å². The summed E-state index contributed by atoms with van der Waals surface area (Å²) in [6.45, 7) is 4.06. The standard InChI is InChI=1S/C20H21N5O6/c1-3-5-30-20(31-6-4-2)19(10-22)16(18(19,9-21)17(23)24-20)12-7-14-15(29-11-28-14)8-13(12)25(26)27/h7-8,16H,3-6,11H2,1-2H3,(H2,23,24). The van der Waals surface area contributed by atoms with Crippen LogP contribution in [0.5, 0.6) is 11.5 Å². The van der Waals surface area contributed by atoms with E-state index < -0.39 is 27.6 Å². The zero-order chi connectivity index (χ0) is 22.4. The molecular weight excluding hydrogens is 406 g/mol. The molecule has 0 aromatic heterocycles. The molecule has 4 rings (SSSR count). The van der Waals surface area contributed by atoms with Gasteiger partial charge in [0.25, 0.3) is 11.6 Å². The van der Waals surface area contributed by atoms with E-state index in [9.17, 15) is 20.6 Å². The molecule has 11 heteroatoms. The van der Waals surface area contributed by atoms with Crippen LogP contribution in [0.4, 0.5) is 5.69 Å². The number of fused-ring (bicyclic) bond motifs is 2. The molecule has 2 N–H and O–H groups in total. The van der Waals surface area contributed by atoms with Gasteiger partial charge in [0.2, 0.25) is 6.79 Å². The SMILES string of the molecule is CCCOC1(OCCC)N=C(N)C2(C#N)C(c3cc4c(cc3[N+](=O)[O-])OCO4)C12C#N. The third kappa shape index (κ3) is 2.42. The Morgan fingerprint density at radius 1 is 1.23 bits per heavy atom. The van der Waals surface area contributed by atoms with Gasteiger partial charge in [0.1, 0.15) is 11.3 Å². The van der Waals surface area contributed by atoms with Gasteiger partial charge in [-0.1, -0.05) is 13.8 Å². The molecule has 1 aromatic carbocycles. The Morgan fingerprint density at radius 3 is 2.35 bits per heavy atom. The van der Waals surface area contributed by atoms with Crippen molar-refractivity contribution in [2.75, 3.05) is 20.0 Å². The van der Waals surface area contributed by atoms with Crippen molar-refractivity contribution in [1.29, 1.82) is 10.5 Å². The number of ether oxygens (including phenoxy) is 4. The monoisotopic (exact) mass is 427 g/mol. The number of nitro groups is 1. The third-order valence-corrected chi connectivity index (χ3v) is 5.96. The molecule has 31 heavy (non-hydrogen) atoms. The van der Waals surface area contributed by atoms with Gasteiger partial charge in [-0.05, 0) is 18.9 Å². The lowest BCUT2D eigenvalue weighted by atomic mass is 9.93. The fraction of sp³-hybridized carbons (Fsp3) is 0.550. The maximum Gasteiger partial charge on any atom is 0.293 e. The van der Waals surface area contributed by atoms with Gasteiger partial charge >= 0.3 is 0 Å². The van der Waals surface area contributed by atoms with Crippen LogP contribution in [0.2, 0.25) is 0 Å². The van der Waals surface area contributed by atoms with E-state index in [4.69, 9.17) is 24.7 Å². The number of hydrogen-bond donors (Lipinski definition) is 1. The molecule has 0 radical (unpaired) electrons. The summed E-state index contributed by atoms with van der Waals surface area (Å²) in [4.78, 5) is 15.6. The summed E-state index contributed by atoms with van der Waals surface area (Å²) in [5.74, 6) is -2.48. The molecule has 1 fully saturated rings. The lowest BCUT2D eigenvalue weighted by Gasteiger charge is -2.32. The second kappa shape index (κ2) is 7.08. The Labute approximate surface area is 178 Å². The molecule has 3 atom stereocenters. The molecule has 0 saturated heterocycles. The average Bonchev–Trinajstić information content (AvgIpc) is 3.01. The first-order valence-electron chi connectivity index (χ1n) is 9.93. The van der Waals surface area contributed by atoms with Gasteiger partial charge in [-0.15, -0.1) is 0 Å². The Balaban J connectivity index is 1.94. The second-order valence-electron chi connectivity index (χ2n) is 7.57. The molecule has 1 saturated carbocycles. The first-order chi connectivity index (χ1) is 14.9. The van der Waals surface area contributed by atoms with Crippen LogP contribution in [-0.2, 0) is 9.47 Å². The molecule has 2 aliphatic heterocycles. The van der Waals surface area contributed by atoms with E-state index in [0.29, 0.717) is 12.8 Å². The Hall–Kier alpha value is -3.41. The van der Waals surface area contributed by atoms with Crippen molar-refractivity contribution in [2.45, 2.75) is 38.5 Å². The molecule has 11 nitrogen and oxygen atoms in total. The summed E-state index contributed by atoms with van der Waals surface area (Å²) in [7, 11) is 0. The number of amidine groups is 1. The second-order valence-corrected chi connectivity index (χ2v) is 7.57. The molecule has 0 bridgehead atoms. The molecule has 1 aliphatic carbocycles. The van der Waals surface area contributed by atoms with Crippen LogP contribution in [0, 0.1) is 43.6 Å². The summed E-state index contributed by atoms with van der Waals surface area (Å²) < 4.78 is 22.5. The smallest absolute Gasteiger partial charge is 0.293 e. The largest absolute Gasteiger partial charge is 0.454 e. The lowest BCUT2D eigenvalue weighted by Crippen LogP contribution is -2.44. The van der Waals surface area contributed by atoms with Crippen molar-refractivity contribution in [3.05, 3.63) is 27.8 Å². The number of aliphatic imine (C=N–C) groups is 1. The fourth-order valence-corrected chi connectivity index (χ4v) is 4.64. The number of nitriles is 2. The average molecular weight is 427 g/mol. The number of nitro benzene ring substituents is 1. The summed E-state index contributed by atoms with van der Waals surface area (Å²) in [5.41, 5.74) is 2.69. The van der Waals surface area contributed by atoms with Crippen molar-refractivity contribution in [1.82, 2.24) is 0 Å². The van der Waals surface area contributed by atoms with Gasteiger partial charge in [-0.2, -0.15) is 10.5 Å². The van der Waals surface area contributed by atoms with Gasteiger partial charge in [0.05, 0.1) is 36.3 Å². The topological polar surface area (TPSA) is 166 Å². The molecule has 0 amide bonds. The van der Waals surface area contributed by atoms with Crippen LogP contribution >= 0.6 is 0 Å². The van der Waals surface area contributed by atoms with Gasteiger partial charge in [-0.25, -0.2) is 4.99 Å². The van der Waals surface area contributed by atoms with E-state index in [-0.39, 0.29) is 48.6 Å². The third-order valence-electron chi connectivity index (χ3n) is 5.96. The van der Waals surface area contributed by atoms with E-state index in [0.717, 1.165) is 0 Å². The maximum atomic E-state index is 11.9. The molecular formula is C20H21N5O6. The molecule has 3 unspecified atom stereocenters. The lowest BCUT2D eigenvalue weighted by molar-refractivity contribution is -0.385. The van der Waals surface area contributed by atoms with Crippen LogP contribution in [0.15, 0.2) is 17.1 Å². The van der Waals surface area contributed by atoms with E-state index in [2.05, 4.69) is 17.1 Å². The first kappa shape index (κ1) is 20.8. The molecule has 162 valence electrons. The number of benzene rings is 1. The fourth-order valence-electron chi connectivity index (χ4n) is 4.64. The highest BCUT2D eigenvalue weighted by Crippen LogP contribution is 2.82. The first-order valence-corrected chi connectivity index (χ1v) is 9.93. The highest BCUT2D eigenvalue weighted by atomic mass is 16.7. The highest BCUT2D eigenvalue weighted by molar-refractivity contribution is 6.00. The van der Waals surface area contributed by atoms with E-state index in [1.807, 2.05) is 13.8 Å². The number of nitrogens with two attached hydrogens (primary N) is 1. The van der Waals surface area contributed by atoms with Gasteiger partial charge in [0, 0.05) is 11.5 Å². The predicted octanol–water partition coefficient (Wildman–Crippen LogP) is 2.32. The van der Waals surface area contributed by atoms with Crippen molar-refractivity contribution in [3.63, 3.8) is 0 Å². The summed E-state index contributed by atoms with van der Waals surface area (Å²) in [6, 6.07) is 6.94. The van der Waals surface area contributed by atoms with Crippen molar-refractivity contribution in [2.24, 2.45) is 21.6 Å². The maximum absolute atomic E-state index is 11.9. The molecule has 0 spiro atoms. The number of rotatable bonds is 8. The quantitative estimate of drug-likeness (QED) is 0.372. The molecule has 2 heterocycles. The minimum Gasteiger partial charge on any atom is -0.454 e. The zero-order valence-electron chi connectivity index (χ0n) is 17.1. The van der Waals surface area contributed by atoms with E-state index in [1.54, 1.807) is 0 Å². The van der Waals surface area contributed by atoms with Crippen LogP contribution in [0.25, 0.3) is 0 Å². The minimum atomic E-state index is -1.84. The summed E-state index contributed by atoms with van der Waals surface area (Å²) in [5, 5.41) is 32.4. The van der Waals surface area contributed by atoms with Crippen molar-refractivity contribution in [3.8, 4) is 23.6 Å². The highest BCUT2D eigenvalue weighted by Gasteiger charge is 2.94. The normalized spacial score (nSPS) is 28.9. The van der Waals surface area contributed by atoms with Crippen LogP contribution in [0.3, 0.4) is 0 Å². The molecule has 3 aliphatic rings. The van der Waals surface area contributed by atoms with Crippen LogP contribution < -0.4 is 15.2 Å². The predicted molar refractivity (Wildman–Crippen MR) is 105 cm³/mol.